The first-order valence-electron chi connectivity index (χ1n) is 10.2. The van der Waals surface area contributed by atoms with Crippen LogP contribution in [0, 0.1) is 5.92 Å². The summed E-state index contributed by atoms with van der Waals surface area (Å²) in [4.78, 5) is 46.7. The van der Waals surface area contributed by atoms with Gasteiger partial charge in [-0.2, -0.15) is 14.9 Å². The standard InChI is InChI=1S/C22H20N6O3/c29-20-17-8-4-5-9-18(17)24-22(31)27(20)15-10-12-26(13-11-15)21(30)19-14-23-28(25-19)16-6-2-1-3-7-16/h1-9,14-15,17H,10-13H2. The molecule has 3 heterocycles. The molecule has 31 heavy (non-hydrogen) atoms. The average molecular weight is 416 g/mol. The maximum Gasteiger partial charge on any atom is 0.350 e. The number of aromatic nitrogens is 3. The zero-order chi connectivity index (χ0) is 21.4. The van der Waals surface area contributed by atoms with E-state index < -0.39 is 11.9 Å². The summed E-state index contributed by atoms with van der Waals surface area (Å²) in [5.74, 6) is -0.959. The molecular weight excluding hydrogens is 396 g/mol. The van der Waals surface area contributed by atoms with E-state index in [1.54, 1.807) is 29.2 Å². The van der Waals surface area contributed by atoms with Crippen molar-refractivity contribution in [1.29, 1.82) is 0 Å². The van der Waals surface area contributed by atoms with Crippen molar-refractivity contribution in [3.8, 4) is 5.69 Å². The van der Waals surface area contributed by atoms with Gasteiger partial charge in [0.05, 0.1) is 23.5 Å². The topological polar surface area (TPSA) is 101 Å². The molecule has 1 aromatic heterocycles. The van der Waals surface area contributed by atoms with Crippen molar-refractivity contribution in [2.24, 2.45) is 10.9 Å². The highest BCUT2D eigenvalue weighted by Gasteiger charge is 2.41. The molecule has 1 saturated heterocycles. The lowest BCUT2D eigenvalue weighted by Gasteiger charge is -2.39. The molecule has 0 bridgehead atoms. The van der Waals surface area contributed by atoms with Gasteiger partial charge in [-0.25, -0.2) is 4.79 Å². The van der Waals surface area contributed by atoms with Gasteiger partial charge in [-0.1, -0.05) is 36.4 Å². The Morgan fingerprint density at radius 1 is 1.03 bits per heavy atom. The number of para-hydroxylation sites is 1. The van der Waals surface area contributed by atoms with Crippen molar-refractivity contribution in [2.75, 3.05) is 13.1 Å². The van der Waals surface area contributed by atoms with Gasteiger partial charge in [-0.3, -0.25) is 14.5 Å². The van der Waals surface area contributed by atoms with Crippen LogP contribution in [-0.4, -0.2) is 67.5 Å². The van der Waals surface area contributed by atoms with Crippen LogP contribution in [0.5, 0.6) is 0 Å². The maximum absolute atomic E-state index is 12.9. The number of carbonyl (C=O) groups is 3. The summed E-state index contributed by atoms with van der Waals surface area (Å²) in [6, 6.07) is 8.57. The van der Waals surface area contributed by atoms with Gasteiger partial charge in [-0.15, -0.1) is 5.10 Å². The molecule has 3 aliphatic rings. The Morgan fingerprint density at radius 3 is 2.58 bits per heavy atom. The summed E-state index contributed by atoms with van der Waals surface area (Å²) in [6.07, 6.45) is 9.48. The summed E-state index contributed by atoms with van der Waals surface area (Å²) in [7, 11) is 0. The van der Waals surface area contributed by atoms with Gasteiger partial charge < -0.3 is 4.90 Å². The van der Waals surface area contributed by atoms with E-state index in [0.717, 1.165) is 5.69 Å². The summed E-state index contributed by atoms with van der Waals surface area (Å²) in [5.41, 5.74) is 1.53. The number of rotatable bonds is 3. The molecule has 0 N–H and O–H groups in total. The first-order valence-corrected chi connectivity index (χ1v) is 10.2. The van der Waals surface area contributed by atoms with Crippen LogP contribution in [0.3, 0.4) is 0 Å². The fraction of sp³-hybridized carbons (Fsp3) is 0.273. The fourth-order valence-electron chi connectivity index (χ4n) is 4.13. The first-order chi connectivity index (χ1) is 15.1. The molecule has 1 aliphatic carbocycles. The molecule has 5 rings (SSSR count). The minimum absolute atomic E-state index is 0.211. The molecule has 0 saturated carbocycles. The molecule has 2 aromatic rings. The van der Waals surface area contributed by atoms with Crippen LogP contribution in [0.2, 0.25) is 0 Å². The number of hydrogen-bond acceptors (Lipinski definition) is 5. The molecule has 156 valence electrons. The number of hydrogen-bond donors (Lipinski definition) is 0. The minimum Gasteiger partial charge on any atom is -0.337 e. The number of piperidine rings is 1. The lowest BCUT2D eigenvalue weighted by atomic mass is 9.93. The van der Waals surface area contributed by atoms with E-state index in [2.05, 4.69) is 15.2 Å². The quantitative estimate of drug-likeness (QED) is 0.762. The van der Waals surface area contributed by atoms with E-state index in [0.29, 0.717) is 31.6 Å². The molecule has 0 radical (unpaired) electrons. The second-order valence-electron chi connectivity index (χ2n) is 7.63. The Kier molecular flexibility index (Phi) is 4.78. The van der Waals surface area contributed by atoms with Crippen molar-refractivity contribution >= 4 is 23.6 Å². The maximum atomic E-state index is 12.9. The van der Waals surface area contributed by atoms with Crippen LogP contribution in [-0.2, 0) is 4.79 Å². The van der Waals surface area contributed by atoms with E-state index in [9.17, 15) is 14.4 Å². The summed E-state index contributed by atoms with van der Waals surface area (Å²) in [6.45, 7) is 0.853. The van der Waals surface area contributed by atoms with Crippen molar-refractivity contribution in [3.63, 3.8) is 0 Å². The van der Waals surface area contributed by atoms with Gasteiger partial charge in [0.25, 0.3) is 5.91 Å². The second-order valence-corrected chi connectivity index (χ2v) is 7.63. The largest absolute Gasteiger partial charge is 0.350 e. The first kappa shape index (κ1) is 19.1. The molecular formula is C22H20N6O3. The second kappa shape index (κ2) is 7.75. The van der Waals surface area contributed by atoms with Crippen molar-refractivity contribution in [3.05, 3.63) is 66.5 Å². The molecule has 1 aromatic carbocycles. The molecule has 1 atom stereocenters. The van der Waals surface area contributed by atoms with Crippen molar-refractivity contribution in [1.82, 2.24) is 24.8 Å². The van der Waals surface area contributed by atoms with Crippen LogP contribution in [0.15, 0.2) is 65.8 Å². The normalized spacial score (nSPS) is 21.3. The zero-order valence-electron chi connectivity index (χ0n) is 16.7. The predicted molar refractivity (Wildman–Crippen MR) is 112 cm³/mol. The van der Waals surface area contributed by atoms with E-state index in [1.807, 2.05) is 30.3 Å². The summed E-state index contributed by atoms with van der Waals surface area (Å²) >= 11 is 0. The monoisotopic (exact) mass is 416 g/mol. The van der Waals surface area contributed by atoms with Gasteiger partial charge in [0.1, 0.15) is 0 Å². The van der Waals surface area contributed by atoms with Gasteiger partial charge in [-0.05, 0) is 31.1 Å². The minimum atomic E-state index is -0.521. The Hall–Kier alpha value is -3.88. The highest BCUT2D eigenvalue weighted by atomic mass is 16.2. The number of likely N-dealkylation sites (tertiary alicyclic amines) is 1. The van der Waals surface area contributed by atoms with E-state index >= 15 is 0 Å². The van der Waals surface area contributed by atoms with Crippen molar-refractivity contribution < 1.29 is 14.4 Å². The van der Waals surface area contributed by atoms with Crippen LogP contribution in [0.25, 0.3) is 5.69 Å². The number of urea groups is 1. The molecule has 1 unspecified atom stereocenters. The number of fused-ring (bicyclic) bond motifs is 1. The lowest BCUT2D eigenvalue weighted by molar-refractivity contribution is -0.131. The Bertz CT molecular complexity index is 1130. The Labute approximate surface area is 178 Å². The van der Waals surface area contributed by atoms with Gasteiger partial charge in [0.15, 0.2) is 5.69 Å². The Morgan fingerprint density at radius 2 is 1.81 bits per heavy atom. The van der Waals surface area contributed by atoms with Crippen molar-refractivity contribution in [2.45, 2.75) is 18.9 Å². The lowest BCUT2D eigenvalue weighted by Crippen LogP contribution is -2.54. The Balaban J connectivity index is 1.25. The van der Waals surface area contributed by atoms with E-state index in [-0.39, 0.29) is 23.6 Å². The molecule has 9 nitrogen and oxygen atoms in total. The summed E-state index contributed by atoms with van der Waals surface area (Å²) in [5, 5.41) is 8.48. The number of benzene rings is 1. The number of aliphatic imine (C=N–C) groups is 1. The third-order valence-corrected chi connectivity index (χ3v) is 5.75. The van der Waals surface area contributed by atoms with Crippen LogP contribution >= 0.6 is 0 Å². The predicted octanol–water partition coefficient (Wildman–Crippen LogP) is 2.02. The van der Waals surface area contributed by atoms with Gasteiger partial charge in [0, 0.05) is 19.1 Å². The number of allylic oxidation sites excluding steroid dienone is 3. The zero-order valence-corrected chi connectivity index (χ0v) is 16.7. The van der Waals surface area contributed by atoms with Crippen LogP contribution < -0.4 is 0 Å². The summed E-state index contributed by atoms with van der Waals surface area (Å²) < 4.78 is 0. The molecule has 9 heteroatoms. The smallest absolute Gasteiger partial charge is 0.337 e. The SMILES string of the molecule is O=C(c1cnn(-c2ccccc2)n1)N1CCC(N2C(=O)N=C3C=CC=CC3C2=O)CC1. The van der Waals surface area contributed by atoms with Crippen LogP contribution in [0.4, 0.5) is 4.79 Å². The highest BCUT2D eigenvalue weighted by Crippen LogP contribution is 2.26. The molecule has 2 aliphatic heterocycles. The van der Waals surface area contributed by atoms with Crippen LogP contribution in [0.1, 0.15) is 23.3 Å². The number of imide groups is 1. The number of amides is 4. The van der Waals surface area contributed by atoms with Gasteiger partial charge >= 0.3 is 6.03 Å². The van der Waals surface area contributed by atoms with Gasteiger partial charge in [0.2, 0.25) is 5.91 Å². The number of carbonyl (C=O) groups excluding carboxylic acids is 3. The fourth-order valence-corrected chi connectivity index (χ4v) is 4.13. The molecule has 0 spiro atoms. The molecule has 4 amide bonds. The third-order valence-electron chi connectivity index (χ3n) is 5.75. The molecule has 1 fully saturated rings. The third kappa shape index (κ3) is 3.48. The average Bonchev–Trinajstić information content (AvgIpc) is 3.30. The van der Waals surface area contributed by atoms with E-state index in [1.165, 1.54) is 15.9 Å². The van der Waals surface area contributed by atoms with E-state index in [4.69, 9.17) is 0 Å². The highest BCUT2D eigenvalue weighted by molar-refractivity contribution is 6.21. The number of nitrogens with zero attached hydrogens (tertiary/aromatic N) is 6.